The molecule has 0 radical (unpaired) electrons. The molecule has 1 aliphatic rings. The van der Waals surface area contributed by atoms with Gasteiger partial charge in [0.05, 0.1) is 16.8 Å². The predicted molar refractivity (Wildman–Crippen MR) is 118 cm³/mol. The summed E-state index contributed by atoms with van der Waals surface area (Å²) in [6, 6.07) is 13.0. The predicted octanol–water partition coefficient (Wildman–Crippen LogP) is 5.19. The van der Waals surface area contributed by atoms with E-state index in [1.165, 1.54) is 29.3 Å². The highest BCUT2D eigenvalue weighted by Gasteiger charge is 2.45. The van der Waals surface area contributed by atoms with Crippen molar-refractivity contribution >= 4 is 28.4 Å². The number of carboxylic acid groups (broad SMARTS) is 1. The third kappa shape index (κ3) is 3.23. The van der Waals surface area contributed by atoms with Crippen molar-refractivity contribution in [2.75, 3.05) is 0 Å². The molecule has 1 amide bonds. The number of carbonyl (C=O) groups excluding carboxylic acids is 1. The molecule has 5 nitrogen and oxygen atoms in total. The molecule has 1 aliphatic heterocycles. The summed E-state index contributed by atoms with van der Waals surface area (Å²) in [5.74, 6) is -2.37. The monoisotopic (exact) mass is 420 g/mol. The number of hydrogen-bond acceptors (Lipinski definition) is 2. The normalized spacial score (nSPS) is 17.9. The molecule has 3 aromatic rings. The zero-order valence-corrected chi connectivity index (χ0v) is 17.9. The smallest absolute Gasteiger partial charge is 0.339 e. The molecular formula is C25H25FN2O3. The van der Waals surface area contributed by atoms with Crippen molar-refractivity contribution in [2.24, 2.45) is 5.92 Å². The summed E-state index contributed by atoms with van der Waals surface area (Å²) < 4.78 is 14.5. The molecule has 1 atom stereocenters. The van der Waals surface area contributed by atoms with Gasteiger partial charge in [0, 0.05) is 28.6 Å². The number of aromatic nitrogens is 1. The van der Waals surface area contributed by atoms with E-state index in [9.17, 15) is 19.1 Å². The fraction of sp³-hybridized carbons (Fsp3) is 0.280. The molecule has 0 saturated heterocycles. The number of rotatable bonds is 3. The van der Waals surface area contributed by atoms with Gasteiger partial charge < -0.3 is 15.0 Å². The molecule has 4 rings (SSSR count). The number of H-pyrrole nitrogens is 1. The van der Waals surface area contributed by atoms with Gasteiger partial charge in [-0.2, -0.15) is 0 Å². The van der Waals surface area contributed by atoms with Crippen LogP contribution in [0.2, 0.25) is 0 Å². The van der Waals surface area contributed by atoms with Crippen molar-refractivity contribution in [1.82, 2.24) is 9.88 Å². The van der Waals surface area contributed by atoms with Crippen LogP contribution >= 0.6 is 0 Å². The van der Waals surface area contributed by atoms with Gasteiger partial charge in [-0.3, -0.25) is 4.79 Å². The number of halogens is 1. The number of nitrogens with zero attached hydrogens (tertiary/aromatic N) is 1. The van der Waals surface area contributed by atoms with Crippen molar-refractivity contribution in [3.63, 3.8) is 0 Å². The Morgan fingerprint density at radius 2 is 1.74 bits per heavy atom. The first kappa shape index (κ1) is 20.8. The molecule has 1 aromatic heterocycles. The van der Waals surface area contributed by atoms with Gasteiger partial charge in [0.15, 0.2) is 0 Å². The van der Waals surface area contributed by atoms with Crippen LogP contribution in [0.25, 0.3) is 16.5 Å². The van der Waals surface area contributed by atoms with Gasteiger partial charge >= 0.3 is 5.97 Å². The van der Waals surface area contributed by atoms with Crippen molar-refractivity contribution in [3.8, 4) is 0 Å². The number of carboxylic acids is 1. The van der Waals surface area contributed by atoms with Crippen LogP contribution in [-0.2, 0) is 10.2 Å². The van der Waals surface area contributed by atoms with Crippen LogP contribution in [0.15, 0.2) is 54.7 Å². The molecule has 0 fully saturated rings. The topological polar surface area (TPSA) is 73.4 Å². The largest absolute Gasteiger partial charge is 0.478 e. The van der Waals surface area contributed by atoms with E-state index < -0.39 is 29.2 Å². The van der Waals surface area contributed by atoms with Crippen LogP contribution in [0.4, 0.5) is 4.39 Å². The summed E-state index contributed by atoms with van der Waals surface area (Å²) in [5, 5.41) is 11.0. The Morgan fingerprint density at radius 3 is 2.39 bits per heavy atom. The summed E-state index contributed by atoms with van der Waals surface area (Å²) in [7, 11) is 0. The van der Waals surface area contributed by atoms with Gasteiger partial charge in [-0.05, 0) is 29.7 Å². The minimum atomic E-state index is -1.15. The number of nitrogens with one attached hydrogen (secondary N) is 1. The van der Waals surface area contributed by atoms with Gasteiger partial charge in [-0.25, -0.2) is 9.18 Å². The molecule has 2 N–H and O–H groups in total. The standard InChI is InChI=1S/C25H25FN2O3/c1-14(2)22-25(3,4)20-16-10-6-8-12-19(16)27-21(20)17(24(30)31)13-28(22)23(29)15-9-5-7-11-18(15)26/h5-14,22,27H,1-4H3,(H,30,31). The van der Waals surface area contributed by atoms with Gasteiger partial charge in [0.1, 0.15) is 5.82 Å². The maximum atomic E-state index is 14.5. The Morgan fingerprint density at radius 1 is 1.10 bits per heavy atom. The maximum absolute atomic E-state index is 14.5. The van der Waals surface area contributed by atoms with E-state index in [1.807, 2.05) is 52.0 Å². The van der Waals surface area contributed by atoms with Gasteiger partial charge in [0.25, 0.3) is 5.91 Å². The Bertz CT molecular complexity index is 1220. The molecule has 2 aromatic carbocycles. The molecule has 0 aliphatic carbocycles. The Balaban J connectivity index is 2.03. The Labute approximate surface area is 180 Å². The number of benzene rings is 2. The van der Waals surface area contributed by atoms with Crippen LogP contribution in [-0.4, -0.2) is 32.9 Å². The van der Waals surface area contributed by atoms with Crippen LogP contribution in [0.5, 0.6) is 0 Å². The zero-order chi connectivity index (χ0) is 22.5. The molecule has 6 heteroatoms. The van der Waals surface area contributed by atoms with E-state index in [0.29, 0.717) is 5.69 Å². The minimum absolute atomic E-state index is 0.0212. The van der Waals surface area contributed by atoms with Crippen molar-refractivity contribution < 1.29 is 19.1 Å². The summed E-state index contributed by atoms with van der Waals surface area (Å²) in [6.07, 6.45) is 1.37. The lowest BCUT2D eigenvalue weighted by Crippen LogP contribution is -2.50. The van der Waals surface area contributed by atoms with E-state index in [1.54, 1.807) is 6.07 Å². The number of aliphatic carboxylic acids is 1. The SMILES string of the molecule is CC(C)C1N(C(=O)c2ccccc2F)C=C(C(=O)O)c2[nH]c3ccccc3c2C1(C)C. The number of fused-ring (bicyclic) bond motifs is 3. The molecule has 1 unspecified atom stereocenters. The minimum Gasteiger partial charge on any atom is -0.478 e. The fourth-order valence-electron chi connectivity index (χ4n) is 5.07. The molecule has 2 heterocycles. The van der Waals surface area contributed by atoms with Crippen molar-refractivity contribution in [2.45, 2.75) is 39.2 Å². The second kappa shape index (κ2) is 7.38. The number of carbonyl (C=O) groups is 2. The van der Waals surface area contributed by atoms with Crippen LogP contribution in [0.3, 0.4) is 0 Å². The Kier molecular flexibility index (Phi) is 4.96. The molecule has 0 saturated carbocycles. The third-order valence-electron chi connectivity index (χ3n) is 6.13. The lowest BCUT2D eigenvalue weighted by atomic mass is 9.71. The van der Waals surface area contributed by atoms with E-state index in [4.69, 9.17) is 0 Å². The number of hydrogen-bond donors (Lipinski definition) is 2. The molecule has 0 spiro atoms. The average molecular weight is 420 g/mol. The van der Waals surface area contributed by atoms with E-state index in [0.717, 1.165) is 16.5 Å². The fourth-order valence-corrected chi connectivity index (χ4v) is 5.07. The summed E-state index contributed by atoms with van der Waals surface area (Å²) >= 11 is 0. The Hall–Kier alpha value is -3.41. The first-order valence-electron chi connectivity index (χ1n) is 10.3. The highest BCUT2D eigenvalue weighted by Crippen LogP contribution is 2.45. The summed E-state index contributed by atoms with van der Waals surface area (Å²) in [4.78, 5) is 30.5. The first-order chi connectivity index (χ1) is 14.6. The number of amides is 1. The van der Waals surface area contributed by atoms with E-state index in [2.05, 4.69) is 4.98 Å². The van der Waals surface area contributed by atoms with Crippen LogP contribution in [0.1, 0.15) is 49.3 Å². The van der Waals surface area contributed by atoms with E-state index in [-0.39, 0.29) is 17.1 Å². The number of aromatic amines is 1. The maximum Gasteiger partial charge on any atom is 0.339 e. The quantitative estimate of drug-likeness (QED) is 0.612. The van der Waals surface area contributed by atoms with Crippen LogP contribution in [0, 0.1) is 11.7 Å². The first-order valence-corrected chi connectivity index (χ1v) is 10.3. The highest BCUT2D eigenvalue weighted by atomic mass is 19.1. The van der Waals surface area contributed by atoms with E-state index >= 15 is 0 Å². The molecular weight excluding hydrogens is 395 g/mol. The van der Waals surface area contributed by atoms with Gasteiger partial charge in [-0.15, -0.1) is 0 Å². The molecule has 0 bridgehead atoms. The zero-order valence-electron chi connectivity index (χ0n) is 17.9. The number of para-hydroxylation sites is 1. The highest BCUT2D eigenvalue weighted by molar-refractivity contribution is 6.17. The second-order valence-electron chi connectivity index (χ2n) is 8.87. The van der Waals surface area contributed by atoms with Crippen molar-refractivity contribution in [3.05, 3.63) is 77.4 Å². The lowest BCUT2D eigenvalue weighted by molar-refractivity contribution is -0.130. The molecule has 160 valence electrons. The lowest BCUT2D eigenvalue weighted by Gasteiger charge is -2.42. The third-order valence-corrected chi connectivity index (χ3v) is 6.13. The summed E-state index contributed by atoms with van der Waals surface area (Å²) in [6.45, 7) is 8.00. The average Bonchev–Trinajstić information content (AvgIpc) is 3.05. The van der Waals surface area contributed by atoms with Gasteiger partial charge in [-0.1, -0.05) is 58.0 Å². The van der Waals surface area contributed by atoms with Gasteiger partial charge in [0.2, 0.25) is 0 Å². The molecule has 31 heavy (non-hydrogen) atoms. The summed E-state index contributed by atoms with van der Waals surface area (Å²) in [5.41, 5.74) is 1.43. The van der Waals surface area contributed by atoms with Crippen molar-refractivity contribution in [1.29, 1.82) is 0 Å². The second-order valence-corrected chi connectivity index (χ2v) is 8.87. The van der Waals surface area contributed by atoms with Crippen LogP contribution < -0.4 is 0 Å².